The van der Waals surface area contributed by atoms with E-state index in [0.29, 0.717) is 12.0 Å². The van der Waals surface area contributed by atoms with Crippen LogP contribution in [0.3, 0.4) is 0 Å². The lowest BCUT2D eigenvalue weighted by Gasteiger charge is -2.39. The SMILES string of the molecule is COc1cc(CC2CN(C(=O)NC3CC3)C2)cc(OC)c1. The molecule has 1 saturated heterocycles. The van der Waals surface area contributed by atoms with Crippen LogP contribution in [0.4, 0.5) is 4.79 Å². The van der Waals surface area contributed by atoms with Gasteiger partial charge in [0.15, 0.2) is 0 Å². The molecule has 114 valence electrons. The maximum absolute atomic E-state index is 11.8. The van der Waals surface area contributed by atoms with Crippen LogP contribution in [0.25, 0.3) is 0 Å². The summed E-state index contributed by atoms with van der Waals surface area (Å²) in [6.45, 7) is 1.66. The van der Waals surface area contributed by atoms with Gasteiger partial charge in [0.1, 0.15) is 11.5 Å². The van der Waals surface area contributed by atoms with Crippen molar-refractivity contribution in [2.75, 3.05) is 27.3 Å². The molecule has 3 rings (SSSR count). The minimum absolute atomic E-state index is 0.0944. The van der Waals surface area contributed by atoms with Crippen LogP contribution in [0.15, 0.2) is 18.2 Å². The summed E-state index contributed by atoms with van der Waals surface area (Å²) in [6.07, 6.45) is 3.21. The molecule has 0 spiro atoms. The predicted octanol–water partition coefficient (Wildman–Crippen LogP) is 2.05. The maximum Gasteiger partial charge on any atom is 0.317 e. The van der Waals surface area contributed by atoms with E-state index in [0.717, 1.165) is 43.9 Å². The molecule has 1 heterocycles. The summed E-state index contributed by atoms with van der Waals surface area (Å²) in [5.41, 5.74) is 1.19. The molecule has 1 aromatic carbocycles. The largest absolute Gasteiger partial charge is 0.497 e. The van der Waals surface area contributed by atoms with E-state index in [1.165, 1.54) is 5.56 Å². The van der Waals surface area contributed by atoms with E-state index < -0.39 is 0 Å². The fraction of sp³-hybridized carbons (Fsp3) is 0.562. The molecule has 0 aromatic heterocycles. The lowest BCUT2D eigenvalue weighted by molar-refractivity contribution is 0.120. The van der Waals surface area contributed by atoms with Crippen molar-refractivity contribution in [1.82, 2.24) is 10.2 Å². The van der Waals surface area contributed by atoms with Crippen molar-refractivity contribution in [3.05, 3.63) is 23.8 Å². The molecule has 1 saturated carbocycles. The highest BCUT2D eigenvalue weighted by Gasteiger charge is 2.33. The molecule has 0 unspecified atom stereocenters. The van der Waals surface area contributed by atoms with Crippen LogP contribution in [-0.2, 0) is 6.42 Å². The van der Waals surface area contributed by atoms with E-state index >= 15 is 0 Å². The van der Waals surface area contributed by atoms with Gasteiger partial charge in [0.05, 0.1) is 14.2 Å². The van der Waals surface area contributed by atoms with Crippen molar-refractivity contribution in [3.63, 3.8) is 0 Å². The highest BCUT2D eigenvalue weighted by atomic mass is 16.5. The van der Waals surface area contributed by atoms with Crippen molar-refractivity contribution >= 4 is 6.03 Å². The van der Waals surface area contributed by atoms with Gasteiger partial charge < -0.3 is 19.7 Å². The molecular formula is C16H22N2O3. The molecule has 0 atom stereocenters. The Hall–Kier alpha value is -1.91. The van der Waals surface area contributed by atoms with Gasteiger partial charge in [0, 0.05) is 25.2 Å². The first-order chi connectivity index (χ1) is 10.2. The molecule has 0 bridgehead atoms. The number of rotatable bonds is 5. The van der Waals surface area contributed by atoms with E-state index in [1.54, 1.807) is 14.2 Å². The number of benzene rings is 1. The Labute approximate surface area is 125 Å². The first-order valence-electron chi connectivity index (χ1n) is 7.45. The van der Waals surface area contributed by atoms with Crippen LogP contribution in [0.2, 0.25) is 0 Å². The number of carbonyl (C=O) groups is 1. The third-order valence-electron chi connectivity index (χ3n) is 4.08. The summed E-state index contributed by atoms with van der Waals surface area (Å²) in [5, 5.41) is 3.02. The van der Waals surface area contributed by atoms with Crippen LogP contribution in [0.1, 0.15) is 18.4 Å². The molecular weight excluding hydrogens is 268 g/mol. The van der Waals surface area contributed by atoms with Crippen LogP contribution >= 0.6 is 0 Å². The van der Waals surface area contributed by atoms with Crippen molar-refractivity contribution < 1.29 is 14.3 Å². The Morgan fingerprint density at radius 1 is 1.19 bits per heavy atom. The molecule has 2 amide bonds. The van der Waals surface area contributed by atoms with E-state index in [4.69, 9.17) is 9.47 Å². The van der Waals surface area contributed by atoms with Crippen molar-refractivity contribution in [2.45, 2.75) is 25.3 Å². The minimum Gasteiger partial charge on any atom is -0.497 e. The van der Waals surface area contributed by atoms with E-state index in [-0.39, 0.29) is 6.03 Å². The Bertz CT molecular complexity index is 500. The van der Waals surface area contributed by atoms with Gasteiger partial charge in [-0.25, -0.2) is 4.79 Å². The topological polar surface area (TPSA) is 50.8 Å². The van der Waals surface area contributed by atoms with Crippen LogP contribution in [0.5, 0.6) is 11.5 Å². The Morgan fingerprint density at radius 2 is 1.81 bits per heavy atom. The molecule has 0 radical (unpaired) electrons. The third-order valence-corrected chi connectivity index (χ3v) is 4.08. The fourth-order valence-electron chi connectivity index (χ4n) is 2.68. The lowest BCUT2D eigenvalue weighted by atomic mass is 9.92. The Balaban J connectivity index is 1.52. The van der Waals surface area contributed by atoms with Gasteiger partial charge in [-0.05, 0) is 42.9 Å². The quantitative estimate of drug-likeness (QED) is 0.903. The zero-order valence-electron chi connectivity index (χ0n) is 12.6. The normalized spacial score (nSPS) is 18.1. The second-order valence-electron chi connectivity index (χ2n) is 5.92. The molecule has 2 aliphatic rings. The van der Waals surface area contributed by atoms with Gasteiger partial charge in [-0.15, -0.1) is 0 Å². The number of nitrogens with one attached hydrogen (secondary N) is 1. The first-order valence-corrected chi connectivity index (χ1v) is 7.45. The van der Waals surface area contributed by atoms with Crippen molar-refractivity contribution in [2.24, 2.45) is 5.92 Å². The fourth-order valence-corrected chi connectivity index (χ4v) is 2.68. The monoisotopic (exact) mass is 290 g/mol. The second-order valence-corrected chi connectivity index (χ2v) is 5.92. The number of hydrogen-bond donors (Lipinski definition) is 1. The van der Waals surface area contributed by atoms with Gasteiger partial charge in [-0.1, -0.05) is 0 Å². The average molecular weight is 290 g/mol. The summed E-state index contributed by atoms with van der Waals surface area (Å²) >= 11 is 0. The third kappa shape index (κ3) is 3.40. The van der Waals surface area contributed by atoms with Gasteiger partial charge in [0.25, 0.3) is 0 Å². The molecule has 1 N–H and O–H groups in total. The average Bonchev–Trinajstić information content (AvgIpc) is 3.25. The summed E-state index contributed by atoms with van der Waals surface area (Å²) in [5.74, 6) is 2.14. The number of nitrogens with zero attached hydrogens (tertiary/aromatic N) is 1. The maximum atomic E-state index is 11.8. The minimum atomic E-state index is 0.0944. The smallest absolute Gasteiger partial charge is 0.317 e. The number of amides is 2. The summed E-state index contributed by atoms with van der Waals surface area (Å²) in [7, 11) is 3.32. The molecule has 21 heavy (non-hydrogen) atoms. The van der Waals surface area contributed by atoms with E-state index in [2.05, 4.69) is 5.32 Å². The number of urea groups is 1. The molecule has 1 aromatic rings. The lowest BCUT2D eigenvalue weighted by Crippen LogP contribution is -2.54. The Kier molecular flexibility index (Phi) is 3.90. The molecule has 1 aliphatic carbocycles. The zero-order valence-corrected chi connectivity index (χ0v) is 12.6. The second kappa shape index (κ2) is 5.84. The standard InChI is InChI=1S/C16H22N2O3/c1-20-14-6-11(7-15(8-14)21-2)5-12-9-18(10-12)16(19)17-13-3-4-13/h6-8,12-13H,3-5,9-10H2,1-2H3,(H,17,19). The van der Waals surface area contributed by atoms with Crippen LogP contribution in [-0.4, -0.2) is 44.3 Å². The highest BCUT2D eigenvalue weighted by Crippen LogP contribution is 2.27. The predicted molar refractivity (Wildman–Crippen MR) is 79.9 cm³/mol. The number of carbonyl (C=O) groups excluding carboxylic acids is 1. The van der Waals surface area contributed by atoms with Crippen LogP contribution < -0.4 is 14.8 Å². The zero-order chi connectivity index (χ0) is 14.8. The highest BCUT2D eigenvalue weighted by molar-refractivity contribution is 5.75. The van der Waals surface area contributed by atoms with E-state index in [9.17, 15) is 4.79 Å². The summed E-state index contributed by atoms with van der Waals surface area (Å²) in [4.78, 5) is 13.7. The number of ether oxygens (including phenoxy) is 2. The number of likely N-dealkylation sites (tertiary alicyclic amines) is 1. The van der Waals surface area contributed by atoms with Gasteiger partial charge >= 0.3 is 6.03 Å². The van der Waals surface area contributed by atoms with Crippen molar-refractivity contribution in [1.29, 1.82) is 0 Å². The molecule has 1 aliphatic heterocycles. The van der Waals surface area contributed by atoms with E-state index in [1.807, 2.05) is 23.1 Å². The summed E-state index contributed by atoms with van der Waals surface area (Å²) < 4.78 is 10.6. The van der Waals surface area contributed by atoms with Crippen LogP contribution in [0, 0.1) is 5.92 Å². The first kappa shape index (κ1) is 14.0. The van der Waals surface area contributed by atoms with Crippen molar-refractivity contribution in [3.8, 4) is 11.5 Å². The number of methoxy groups -OCH3 is 2. The molecule has 5 nitrogen and oxygen atoms in total. The molecule has 5 heteroatoms. The summed E-state index contributed by atoms with van der Waals surface area (Å²) in [6, 6.07) is 6.47. The van der Waals surface area contributed by atoms with Gasteiger partial charge in [0.2, 0.25) is 0 Å². The van der Waals surface area contributed by atoms with Gasteiger partial charge in [-0.2, -0.15) is 0 Å². The molecule has 2 fully saturated rings. The number of hydrogen-bond acceptors (Lipinski definition) is 3. The Morgan fingerprint density at radius 3 is 2.33 bits per heavy atom. The van der Waals surface area contributed by atoms with Gasteiger partial charge in [-0.3, -0.25) is 0 Å².